The second-order valence-corrected chi connectivity index (χ2v) is 7.08. The third-order valence-corrected chi connectivity index (χ3v) is 4.54. The lowest BCUT2D eigenvalue weighted by atomic mass is 10.1. The fourth-order valence-corrected chi connectivity index (χ4v) is 3.00. The molecule has 1 aromatic carbocycles. The Morgan fingerprint density at radius 1 is 1.26 bits per heavy atom. The van der Waals surface area contributed by atoms with Gasteiger partial charge in [0.25, 0.3) is 5.91 Å². The lowest BCUT2D eigenvalue weighted by Gasteiger charge is -2.18. The van der Waals surface area contributed by atoms with Gasteiger partial charge >= 0.3 is 6.18 Å². The smallest absolute Gasteiger partial charge is 0.347 e. The largest absolute Gasteiger partial charge is 0.416 e. The molecule has 0 bridgehead atoms. The van der Waals surface area contributed by atoms with E-state index < -0.39 is 23.6 Å². The average molecular weight is 434 g/mol. The molecule has 164 valence electrons. The number of aromatic nitrogens is 4. The van der Waals surface area contributed by atoms with Gasteiger partial charge in [0.2, 0.25) is 5.91 Å². The van der Waals surface area contributed by atoms with Crippen LogP contribution in [0.25, 0.3) is 0 Å². The van der Waals surface area contributed by atoms with E-state index >= 15 is 0 Å². The number of benzene rings is 1. The molecule has 1 atom stereocenters. The number of halogens is 3. The first kappa shape index (κ1) is 22.1. The minimum absolute atomic E-state index is 0.000395. The van der Waals surface area contributed by atoms with Gasteiger partial charge in [-0.05, 0) is 31.2 Å². The normalized spacial score (nSPS) is 12.4. The molecule has 2 aromatic heterocycles. The van der Waals surface area contributed by atoms with E-state index in [9.17, 15) is 22.8 Å². The summed E-state index contributed by atoms with van der Waals surface area (Å²) in [7, 11) is 1.45. The van der Waals surface area contributed by atoms with Gasteiger partial charge in [0, 0.05) is 49.5 Å². The van der Waals surface area contributed by atoms with Crippen molar-refractivity contribution in [1.82, 2.24) is 24.6 Å². The SMILES string of the molecule is CC(CC(=O)Nc1cc(C(=O)N(C)Cc2ncc[nH]2)cc(C(F)(F)F)c1)n1cccn1. The first-order valence-corrected chi connectivity index (χ1v) is 9.38. The molecule has 0 saturated carbocycles. The van der Waals surface area contributed by atoms with Crippen LogP contribution >= 0.6 is 0 Å². The number of alkyl halides is 3. The first-order chi connectivity index (χ1) is 14.6. The van der Waals surface area contributed by atoms with Gasteiger partial charge in [-0.25, -0.2) is 4.98 Å². The van der Waals surface area contributed by atoms with Crippen molar-refractivity contribution in [1.29, 1.82) is 0 Å². The molecule has 8 nitrogen and oxygen atoms in total. The molecule has 0 spiro atoms. The number of hydrogen-bond donors (Lipinski definition) is 2. The van der Waals surface area contributed by atoms with Gasteiger partial charge < -0.3 is 15.2 Å². The topological polar surface area (TPSA) is 95.9 Å². The molecule has 0 radical (unpaired) electrons. The number of imidazole rings is 1. The van der Waals surface area contributed by atoms with Crippen LogP contribution in [0, 0.1) is 0 Å². The molecule has 2 N–H and O–H groups in total. The maximum Gasteiger partial charge on any atom is 0.416 e. The van der Waals surface area contributed by atoms with Gasteiger partial charge in [-0.1, -0.05) is 0 Å². The van der Waals surface area contributed by atoms with Crippen LogP contribution in [0.2, 0.25) is 0 Å². The highest BCUT2D eigenvalue weighted by Crippen LogP contribution is 2.32. The summed E-state index contributed by atoms with van der Waals surface area (Å²) in [4.78, 5) is 33.1. The van der Waals surface area contributed by atoms with Gasteiger partial charge in [-0.3, -0.25) is 14.3 Å². The Hall–Kier alpha value is -3.63. The van der Waals surface area contributed by atoms with Crippen molar-refractivity contribution in [3.05, 3.63) is 66.0 Å². The summed E-state index contributed by atoms with van der Waals surface area (Å²) in [6, 6.07) is 4.22. The number of nitrogens with zero attached hydrogens (tertiary/aromatic N) is 4. The fraction of sp³-hybridized carbons (Fsp3) is 0.300. The third kappa shape index (κ3) is 5.71. The highest BCUT2D eigenvalue weighted by Gasteiger charge is 2.32. The van der Waals surface area contributed by atoms with Crippen molar-refractivity contribution in [2.75, 3.05) is 12.4 Å². The number of rotatable bonds is 7. The predicted molar refractivity (Wildman–Crippen MR) is 106 cm³/mol. The molecule has 2 heterocycles. The Labute approximate surface area is 176 Å². The van der Waals surface area contributed by atoms with Crippen LogP contribution in [0.15, 0.2) is 49.1 Å². The van der Waals surface area contributed by atoms with E-state index in [2.05, 4.69) is 20.4 Å². The van der Waals surface area contributed by atoms with Crippen LogP contribution in [0.5, 0.6) is 0 Å². The van der Waals surface area contributed by atoms with E-state index in [1.807, 2.05) is 0 Å². The Morgan fingerprint density at radius 3 is 2.65 bits per heavy atom. The first-order valence-electron chi connectivity index (χ1n) is 9.38. The zero-order valence-corrected chi connectivity index (χ0v) is 16.8. The standard InChI is InChI=1S/C20H21F3N6O2/c1-13(29-7-3-4-26-29)8-18(30)27-16-10-14(9-15(11-16)20(21,22)23)19(31)28(2)12-17-24-5-6-25-17/h3-7,9-11,13H,8,12H2,1-2H3,(H,24,25)(H,27,30). The molecule has 0 aliphatic heterocycles. The summed E-state index contributed by atoms with van der Waals surface area (Å²) >= 11 is 0. The molecule has 3 aromatic rings. The maximum atomic E-state index is 13.4. The van der Waals surface area contributed by atoms with Gasteiger partial charge in [-0.15, -0.1) is 0 Å². The van der Waals surface area contributed by atoms with E-state index in [0.29, 0.717) is 5.82 Å². The Balaban J connectivity index is 1.79. The monoisotopic (exact) mass is 434 g/mol. The fourth-order valence-electron chi connectivity index (χ4n) is 3.00. The molecular weight excluding hydrogens is 413 g/mol. The van der Waals surface area contributed by atoms with Crippen LogP contribution in [0.4, 0.5) is 18.9 Å². The molecule has 0 saturated heterocycles. The van der Waals surface area contributed by atoms with E-state index in [-0.39, 0.29) is 30.3 Å². The lowest BCUT2D eigenvalue weighted by molar-refractivity contribution is -0.137. The van der Waals surface area contributed by atoms with E-state index in [1.165, 1.54) is 24.2 Å². The van der Waals surface area contributed by atoms with E-state index in [0.717, 1.165) is 12.1 Å². The van der Waals surface area contributed by atoms with Gasteiger partial charge in [0.1, 0.15) is 5.82 Å². The molecule has 0 fully saturated rings. The Morgan fingerprint density at radius 2 is 2.03 bits per heavy atom. The summed E-state index contributed by atoms with van der Waals surface area (Å²) < 4.78 is 41.7. The van der Waals surface area contributed by atoms with Crippen molar-refractivity contribution in [3.8, 4) is 0 Å². The van der Waals surface area contributed by atoms with Crippen LogP contribution in [-0.4, -0.2) is 43.5 Å². The number of hydrogen-bond acceptors (Lipinski definition) is 4. The minimum Gasteiger partial charge on any atom is -0.347 e. The van der Waals surface area contributed by atoms with Crippen molar-refractivity contribution in [2.45, 2.75) is 32.1 Å². The van der Waals surface area contributed by atoms with Crippen LogP contribution < -0.4 is 5.32 Å². The number of amides is 2. The van der Waals surface area contributed by atoms with Crippen molar-refractivity contribution < 1.29 is 22.8 Å². The number of nitrogens with one attached hydrogen (secondary N) is 2. The van der Waals surface area contributed by atoms with Crippen LogP contribution in [-0.2, 0) is 17.5 Å². The number of carbonyl (C=O) groups is 2. The molecule has 3 rings (SSSR count). The van der Waals surface area contributed by atoms with Crippen molar-refractivity contribution in [3.63, 3.8) is 0 Å². The molecule has 0 aliphatic carbocycles. The number of anilines is 1. The predicted octanol–water partition coefficient (Wildman–Crippen LogP) is 3.49. The summed E-state index contributed by atoms with van der Waals surface area (Å²) in [5.74, 6) is -0.642. The Kier molecular flexibility index (Phi) is 6.42. The summed E-state index contributed by atoms with van der Waals surface area (Å²) in [6.07, 6.45) is 1.66. The summed E-state index contributed by atoms with van der Waals surface area (Å²) in [6.45, 7) is 1.85. The van der Waals surface area contributed by atoms with Crippen LogP contribution in [0.1, 0.15) is 41.1 Å². The zero-order valence-electron chi connectivity index (χ0n) is 16.8. The highest BCUT2D eigenvalue weighted by atomic mass is 19.4. The maximum absolute atomic E-state index is 13.4. The number of H-pyrrole nitrogens is 1. The number of carbonyl (C=O) groups excluding carboxylic acids is 2. The number of aromatic amines is 1. The zero-order chi connectivity index (χ0) is 22.6. The van der Waals surface area contributed by atoms with E-state index in [1.54, 1.807) is 36.3 Å². The summed E-state index contributed by atoms with van der Waals surface area (Å²) in [5.41, 5.74) is -1.33. The minimum atomic E-state index is -4.68. The molecular formula is C20H21F3N6O2. The van der Waals surface area contributed by atoms with Gasteiger partial charge in [0.15, 0.2) is 0 Å². The summed E-state index contributed by atoms with van der Waals surface area (Å²) in [5, 5.41) is 6.50. The highest BCUT2D eigenvalue weighted by molar-refractivity contribution is 5.97. The molecule has 0 aliphatic rings. The van der Waals surface area contributed by atoms with Crippen LogP contribution in [0.3, 0.4) is 0 Å². The average Bonchev–Trinajstić information content (AvgIpc) is 3.40. The molecule has 11 heteroatoms. The van der Waals surface area contributed by atoms with Gasteiger partial charge in [0.05, 0.1) is 18.2 Å². The van der Waals surface area contributed by atoms with Gasteiger partial charge in [-0.2, -0.15) is 18.3 Å². The quantitative estimate of drug-likeness (QED) is 0.595. The van der Waals surface area contributed by atoms with E-state index in [4.69, 9.17) is 0 Å². The second-order valence-electron chi connectivity index (χ2n) is 7.08. The Bertz CT molecular complexity index is 1030. The van der Waals surface area contributed by atoms with Crippen molar-refractivity contribution in [2.24, 2.45) is 0 Å². The molecule has 2 amide bonds. The third-order valence-electron chi connectivity index (χ3n) is 4.54. The van der Waals surface area contributed by atoms with Crippen molar-refractivity contribution >= 4 is 17.5 Å². The lowest BCUT2D eigenvalue weighted by Crippen LogP contribution is -2.27. The second kappa shape index (κ2) is 9.02. The molecule has 31 heavy (non-hydrogen) atoms. The molecule has 1 unspecified atom stereocenters.